The van der Waals surface area contributed by atoms with E-state index in [2.05, 4.69) is 10.3 Å². The van der Waals surface area contributed by atoms with Crippen molar-refractivity contribution in [3.63, 3.8) is 0 Å². The molecule has 0 aliphatic rings. The second-order valence-corrected chi connectivity index (χ2v) is 5.29. The zero-order valence-corrected chi connectivity index (χ0v) is 11.4. The van der Waals surface area contributed by atoms with E-state index in [1.165, 1.54) is 6.20 Å². The summed E-state index contributed by atoms with van der Waals surface area (Å²) in [6.07, 6.45) is 3.49. The molecule has 2 atom stereocenters. The van der Waals surface area contributed by atoms with Gasteiger partial charge >= 0.3 is 0 Å². The van der Waals surface area contributed by atoms with Crippen LogP contribution in [0.2, 0.25) is 10.0 Å². The molecular weight excluding hydrogens is 267 g/mol. The van der Waals surface area contributed by atoms with Gasteiger partial charge in [0.1, 0.15) is 5.82 Å². The third-order valence-electron chi connectivity index (χ3n) is 2.21. The molecule has 90 valence electrons. The van der Waals surface area contributed by atoms with Crippen molar-refractivity contribution in [3.05, 3.63) is 22.3 Å². The summed E-state index contributed by atoms with van der Waals surface area (Å²) >= 11 is 13.3. The van der Waals surface area contributed by atoms with E-state index in [9.17, 15) is 0 Å². The molecule has 1 aromatic heterocycles. The Morgan fingerprint density at radius 2 is 2.25 bits per heavy atom. The molecule has 0 aromatic carbocycles. The largest absolute Gasteiger partial charge is 0.395 e. The van der Waals surface area contributed by atoms with Crippen molar-refractivity contribution in [2.75, 3.05) is 18.2 Å². The van der Waals surface area contributed by atoms with Crippen molar-refractivity contribution in [3.8, 4) is 0 Å². The summed E-state index contributed by atoms with van der Waals surface area (Å²) in [5.41, 5.74) is 0. The van der Waals surface area contributed by atoms with Gasteiger partial charge in [0.25, 0.3) is 0 Å². The monoisotopic (exact) mass is 280 g/mol. The molecule has 0 saturated carbocycles. The predicted octanol–water partition coefficient (Wildman–Crippen LogP) is 2.91. The van der Waals surface area contributed by atoms with Gasteiger partial charge in [-0.2, -0.15) is 11.8 Å². The zero-order valence-electron chi connectivity index (χ0n) is 9.08. The molecule has 0 aliphatic carbocycles. The molecule has 0 fully saturated rings. The number of rotatable bonds is 5. The number of pyridine rings is 1. The topological polar surface area (TPSA) is 45.1 Å². The van der Waals surface area contributed by atoms with E-state index in [-0.39, 0.29) is 17.9 Å². The van der Waals surface area contributed by atoms with E-state index in [0.29, 0.717) is 15.9 Å². The van der Waals surface area contributed by atoms with Gasteiger partial charge in [-0.3, -0.25) is 0 Å². The van der Waals surface area contributed by atoms with Crippen LogP contribution in [0.5, 0.6) is 0 Å². The van der Waals surface area contributed by atoms with Crippen molar-refractivity contribution in [1.29, 1.82) is 0 Å². The molecule has 0 amide bonds. The average molecular weight is 281 g/mol. The van der Waals surface area contributed by atoms with Gasteiger partial charge in [0.15, 0.2) is 0 Å². The first kappa shape index (κ1) is 13.9. The van der Waals surface area contributed by atoms with E-state index in [0.717, 1.165) is 0 Å². The number of anilines is 1. The maximum absolute atomic E-state index is 9.15. The molecule has 6 heteroatoms. The van der Waals surface area contributed by atoms with Gasteiger partial charge in [-0.1, -0.05) is 23.2 Å². The van der Waals surface area contributed by atoms with Gasteiger partial charge in [-0.15, -0.1) is 0 Å². The van der Waals surface area contributed by atoms with E-state index in [1.54, 1.807) is 17.8 Å². The van der Waals surface area contributed by atoms with Crippen molar-refractivity contribution >= 4 is 40.8 Å². The quantitative estimate of drug-likeness (QED) is 0.871. The van der Waals surface area contributed by atoms with Crippen LogP contribution < -0.4 is 5.32 Å². The second-order valence-electron chi connectivity index (χ2n) is 3.37. The van der Waals surface area contributed by atoms with Gasteiger partial charge in [-0.05, 0) is 19.2 Å². The number of thioether (sulfide) groups is 1. The highest BCUT2D eigenvalue weighted by molar-refractivity contribution is 7.99. The standard InChI is InChI=1S/C10H14Cl2N2OS/c1-6(9(5-15)16-2)14-10-8(12)3-7(11)4-13-10/h3-4,6,9,15H,5H2,1-2H3,(H,13,14). The van der Waals surface area contributed by atoms with Crippen molar-refractivity contribution in [1.82, 2.24) is 4.98 Å². The Bertz CT molecular complexity index is 348. The van der Waals surface area contributed by atoms with Gasteiger partial charge in [0, 0.05) is 17.5 Å². The lowest BCUT2D eigenvalue weighted by Gasteiger charge is -2.22. The van der Waals surface area contributed by atoms with E-state index in [4.69, 9.17) is 28.3 Å². The van der Waals surface area contributed by atoms with Crippen LogP contribution in [0.25, 0.3) is 0 Å². The number of nitrogens with zero attached hydrogens (tertiary/aromatic N) is 1. The van der Waals surface area contributed by atoms with Crippen LogP contribution in [0.4, 0.5) is 5.82 Å². The highest BCUT2D eigenvalue weighted by atomic mass is 35.5. The maximum atomic E-state index is 9.15. The van der Waals surface area contributed by atoms with Crippen LogP contribution in [-0.4, -0.2) is 34.2 Å². The molecule has 2 unspecified atom stereocenters. The number of hydrogen-bond donors (Lipinski definition) is 2. The Kier molecular flexibility index (Phi) is 5.69. The Hall–Kier alpha value is -0.160. The summed E-state index contributed by atoms with van der Waals surface area (Å²) in [4.78, 5) is 4.10. The van der Waals surface area contributed by atoms with E-state index >= 15 is 0 Å². The first-order chi connectivity index (χ1) is 7.58. The molecule has 2 N–H and O–H groups in total. The summed E-state index contributed by atoms with van der Waals surface area (Å²) in [5, 5.41) is 13.4. The minimum atomic E-state index is 0.0752. The molecule has 0 saturated heterocycles. The van der Waals surface area contributed by atoms with E-state index in [1.807, 2.05) is 13.2 Å². The molecule has 3 nitrogen and oxygen atoms in total. The first-order valence-corrected chi connectivity index (χ1v) is 6.84. The lowest BCUT2D eigenvalue weighted by molar-refractivity contribution is 0.288. The Morgan fingerprint density at radius 3 is 2.75 bits per heavy atom. The lowest BCUT2D eigenvalue weighted by atomic mass is 10.2. The molecule has 0 aliphatic heterocycles. The molecule has 16 heavy (non-hydrogen) atoms. The SMILES string of the molecule is CSC(CO)C(C)Nc1ncc(Cl)cc1Cl. The first-order valence-electron chi connectivity index (χ1n) is 4.79. The lowest BCUT2D eigenvalue weighted by Crippen LogP contribution is -2.31. The summed E-state index contributed by atoms with van der Waals surface area (Å²) in [7, 11) is 0. The minimum Gasteiger partial charge on any atom is -0.395 e. The average Bonchev–Trinajstić information content (AvgIpc) is 2.24. The molecule has 1 heterocycles. The van der Waals surface area contributed by atoms with Gasteiger partial charge in [0.2, 0.25) is 0 Å². The summed E-state index contributed by atoms with van der Waals surface area (Å²) in [5.74, 6) is 0.589. The van der Waals surface area contributed by atoms with E-state index < -0.39 is 0 Å². The molecule has 0 spiro atoms. The third kappa shape index (κ3) is 3.70. The normalized spacial score (nSPS) is 14.6. The number of aliphatic hydroxyl groups excluding tert-OH is 1. The fraction of sp³-hybridized carbons (Fsp3) is 0.500. The number of aromatic nitrogens is 1. The van der Waals surface area contributed by atoms with Gasteiger partial charge < -0.3 is 10.4 Å². The summed E-state index contributed by atoms with van der Waals surface area (Å²) in [6, 6.07) is 1.71. The van der Waals surface area contributed by atoms with Crippen LogP contribution in [0.15, 0.2) is 12.3 Å². The maximum Gasteiger partial charge on any atom is 0.145 e. The third-order valence-corrected chi connectivity index (χ3v) is 3.87. The second kappa shape index (κ2) is 6.55. The van der Waals surface area contributed by atoms with Gasteiger partial charge in [-0.25, -0.2) is 4.98 Å². The number of halogens is 2. The smallest absolute Gasteiger partial charge is 0.145 e. The molecular formula is C10H14Cl2N2OS. The van der Waals surface area contributed by atoms with Gasteiger partial charge in [0.05, 0.1) is 16.7 Å². The zero-order chi connectivity index (χ0) is 12.1. The Balaban J connectivity index is 2.72. The predicted molar refractivity (Wildman–Crippen MR) is 71.7 cm³/mol. The molecule has 0 bridgehead atoms. The van der Waals surface area contributed by atoms with Crippen LogP contribution in [0.1, 0.15) is 6.92 Å². The Morgan fingerprint density at radius 1 is 1.56 bits per heavy atom. The van der Waals surface area contributed by atoms with Crippen LogP contribution in [0.3, 0.4) is 0 Å². The molecule has 1 rings (SSSR count). The highest BCUT2D eigenvalue weighted by Gasteiger charge is 2.16. The van der Waals surface area contributed by atoms with Crippen LogP contribution in [-0.2, 0) is 0 Å². The van der Waals surface area contributed by atoms with Crippen molar-refractivity contribution in [2.24, 2.45) is 0 Å². The summed E-state index contributed by atoms with van der Waals surface area (Å²) in [6.45, 7) is 2.09. The number of nitrogens with one attached hydrogen (secondary N) is 1. The fourth-order valence-electron chi connectivity index (χ4n) is 1.27. The molecule has 1 aromatic rings. The highest BCUT2D eigenvalue weighted by Crippen LogP contribution is 2.24. The minimum absolute atomic E-state index is 0.0752. The molecule has 0 radical (unpaired) electrons. The van der Waals surface area contributed by atoms with Crippen molar-refractivity contribution < 1.29 is 5.11 Å². The number of aliphatic hydroxyl groups is 1. The van der Waals surface area contributed by atoms with Crippen molar-refractivity contribution in [2.45, 2.75) is 18.2 Å². The summed E-state index contributed by atoms with van der Waals surface area (Å²) < 4.78 is 0. The number of hydrogen-bond acceptors (Lipinski definition) is 4. The Labute approximate surface area is 110 Å². The van der Waals surface area contributed by atoms with Crippen LogP contribution in [0, 0.1) is 0 Å². The van der Waals surface area contributed by atoms with Crippen LogP contribution >= 0.6 is 35.0 Å². The fourth-order valence-corrected chi connectivity index (χ4v) is 2.33.